The van der Waals surface area contributed by atoms with Crippen LogP contribution in [0.1, 0.15) is 24.8 Å². The first-order chi connectivity index (χ1) is 8.24. The molecule has 2 nitrogen and oxygen atoms in total. The number of rotatable bonds is 3. The third kappa shape index (κ3) is 1.75. The Bertz CT molecular complexity index is 607. The van der Waals surface area contributed by atoms with Crippen LogP contribution in [-0.4, -0.2) is 14.2 Å². The van der Waals surface area contributed by atoms with Crippen LogP contribution in [0.5, 0.6) is 0 Å². The van der Waals surface area contributed by atoms with Crippen molar-refractivity contribution in [2.45, 2.75) is 24.7 Å². The fourth-order valence-corrected chi connectivity index (χ4v) is 5.38. The molecule has 0 aromatic heterocycles. The average Bonchev–Trinajstić information content (AvgIpc) is 2.12. The van der Waals surface area contributed by atoms with E-state index in [1.165, 1.54) is 6.07 Å². The zero-order valence-corrected chi connectivity index (χ0v) is 11.0. The van der Waals surface area contributed by atoms with E-state index in [0.717, 1.165) is 11.6 Å². The highest BCUT2D eigenvalue weighted by Gasteiger charge is 2.69. The van der Waals surface area contributed by atoms with Crippen LogP contribution >= 0.6 is 10.7 Å². The van der Waals surface area contributed by atoms with Gasteiger partial charge in [-0.15, -0.1) is 0 Å². The monoisotopic (exact) mass is 292 g/mol. The first-order valence-electron chi connectivity index (χ1n) is 5.62. The first kappa shape index (κ1) is 12.4. The van der Waals surface area contributed by atoms with Crippen LogP contribution in [0.2, 0.25) is 0 Å². The molecule has 98 valence electrons. The Morgan fingerprint density at radius 3 is 2.28 bits per heavy atom. The maximum absolute atomic E-state index is 13.2. The van der Waals surface area contributed by atoms with Crippen LogP contribution in [0.15, 0.2) is 18.2 Å². The molecule has 0 amide bonds. The molecule has 3 fully saturated rings. The van der Waals surface area contributed by atoms with Gasteiger partial charge in [-0.2, -0.15) is 0 Å². The van der Waals surface area contributed by atoms with Crippen molar-refractivity contribution in [3.8, 4) is 0 Å². The molecule has 0 aliphatic heterocycles. The molecule has 0 unspecified atom stereocenters. The molecular weight excluding hydrogens is 282 g/mol. The lowest BCUT2D eigenvalue weighted by atomic mass is 9.34. The summed E-state index contributed by atoms with van der Waals surface area (Å²) < 4.78 is 48.1. The van der Waals surface area contributed by atoms with Gasteiger partial charge in [0.2, 0.25) is 9.05 Å². The molecule has 6 heteroatoms. The van der Waals surface area contributed by atoms with Crippen LogP contribution in [0.25, 0.3) is 0 Å². The third-order valence-corrected chi connectivity index (χ3v) is 5.44. The molecule has 3 aliphatic carbocycles. The summed E-state index contributed by atoms with van der Waals surface area (Å²) in [5.74, 6) is -1.73. The van der Waals surface area contributed by atoms with Gasteiger partial charge in [-0.1, -0.05) is 6.07 Å². The van der Waals surface area contributed by atoms with Gasteiger partial charge in [0.25, 0.3) is 0 Å². The van der Waals surface area contributed by atoms with Crippen molar-refractivity contribution in [2.24, 2.45) is 5.41 Å². The highest BCUT2D eigenvalue weighted by Crippen LogP contribution is 2.74. The van der Waals surface area contributed by atoms with Gasteiger partial charge < -0.3 is 0 Å². The second-order valence-electron chi connectivity index (χ2n) is 5.62. The SMILES string of the molecule is O=S(=O)(Cl)CC12CC(c3ccc(F)c(F)c3)(C1)C2. The molecule has 0 heterocycles. The molecule has 0 spiro atoms. The van der Waals surface area contributed by atoms with Gasteiger partial charge in [-0.3, -0.25) is 0 Å². The normalized spacial score (nSPS) is 33.7. The summed E-state index contributed by atoms with van der Waals surface area (Å²) in [6.45, 7) is 0. The summed E-state index contributed by atoms with van der Waals surface area (Å²) >= 11 is 0. The van der Waals surface area contributed by atoms with Crippen LogP contribution in [0.4, 0.5) is 8.78 Å². The second-order valence-corrected chi connectivity index (χ2v) is 8.40. The number of hydrogen-bond acceptors (Lipinski definition) is 2. The van der Waals surface area contributed by atoms with Crippen molar-refractivity contribution in [3.05, 3.63) is 35.4 Å². The minimum Gasteiger partial charge on any atom is -0.212 e. The van der Waals surface area contributed by atoms with Gasteiger partial charge in [0, 0.05) is 10.7 Å². The van der Waals surface area contributed by atoms with Crippen LogP contribution < -0.4 is 0 Å². The van der Waals surface area contributed by atoms with E-state index >= 15 is 0 Å². The summed E-state index contributed by atoms with van der Waals surface area (Å²) in [7, 11) is 1.76. The van der Waals surface area contributed by atoms with Gasteiger partial charge in [-0.25, -0.2) is 17.2 Å². The van der Waals surface area contributed by atoms with Crippen molar-refractivity contribution in [1.82, 2.24) is 0 Å². The summed E-state index contributed by atoms with van der Waals surface area (Å²) in [5.41, 5.74) is 0.372. The van der Waals surface area contributed by atoms with Gasteiger partial charge in [-0.05, 0) is 47.8 Å². The lowest BCUT2D eigenvalue weighted by Crippen LogP contribution is -2.66. The van der Waals surface area contributed by atoms with E-state index in [1.54, 1.807) is 6.07 Å². The summed E-state index contributed by atoms with van der Waals surface area (Å²) in [6, 6.07) is 3.92. The van der Waals surface area contributed by atoms with Crippen molar-refractivity contribution >= 4 is 19.7 Å². The predicted octanol–water partition coefficient (Wildman–Crippen LogP) is 2.96. The van der Waals surface area contributed by atoms with Crippen LogP contribution in [-0.2, 0) is 14.5 Å². The van der Waals surface area contributed by atoms with E-state index in [1.807, 2.05) is 0 Å². The smallest absolute Gasteiger partial charge is 0.212 e. The number of benzene rings is 1. The largest absolute Gasteiger partial charge is 0.233 e. The number of hydrogen-bond donors (Lipinski definition) is 0. The second kappa shape index (κ2) is 3.45. The van der Waals surface area contributed by atoms with E-state index in [9.17, 15) is 17.2 Å². The Balaban J connectivity index is 1.78. The molecule has 4 rings (SSSR count). The minimum atomic E-state index is -3.49. The Morgan fingerprint density at radius 1 is 1.17 bits per heavy atom. The van der Waals surface area contributed by atoms with Gasteiger partial charge in [0.1, 0.15) is 0 Å². The molecule has 18 heavy (non-hydrogen) atoms. The Labute approximate surface area is 108 Å². The quantitative estimate of drug-likeness (QED) is 0.803. The molecule has 0 saturated heterocycles. The fraction of sp³-hybridized carbons (Fsp3) is 0.500. The van der Waals surface area contributed by atoms with Crippen LogP contribution in [0.3, 0.4) is 0 Å². The van der Waals surface area contributed by atoms with Gasteiger partial charge in [0.15, 0.2) is 11.6 Å². The zero-order chi connectivity index (χ0) is 13.2. The molecule has 2 bridgehead atoms. The molecule has 1 aromatic rings. The van der Waals surface area contributed by atoms with Crippen molar-refractivity contribution in [3.63, 3.8) is 0 Å². The first-order valence-corrected chi connectivity index (χ1v) is 8.10. The lowest BCUT2D eigenvalue weighted by Gasteiger charge is -2.71. The van der Waals surface area contributed by atoms with E-state index in [-0.39, 0.29) is 16.6 Å². The Hall–Kier alpha value is -0.680. The lowest BCUT2D eigenvalue weighted by molar-refractivity contribution is -0.122. The van der Waals surface area contributed by atoms with Crippen molar-refractivity contribution < 1.29 is 17.2 Å². The highest BCUT2D eigenvalue weighted by atomic mass is 35.7. The average molecular weight is 293 g/mol. The molecular formula is C12H11ClF2O2S. The van der Waals surface area contributed by atoms with E-state index in [2.05, 4.69) is 0 Å². The van der Waals surface area contributed by atoms with Gasteiger partial charge >= 0.3 is 0 Å². The maximum atomic E-state index is 13.2. The van der Waals surface area contributed by atoms with Gasteiger partial charge in [0.05, 0.1) is 5.75 Å². The highest BCUT2D eigenvalue weighted by molar-refractivity contribution is 8.13. The predicted molar refractivity (Wildman–Crippen MR) is 64.0 cm³/mol. The van der Waals surface area contributed by atoms with Crippen LogP contribution in [0, 0.1) is 17.0 Å². The Morgan fingerprint density at radius 2 is 1.78 bits per heavy atom. The standard InChI is InChI=1S/C12H11ClF2O2S/c13-18(16,17)7-11-4-12(5-11,6-11)8-1-2-9(14)10(15)3-8/h1-3H,4-7H2. The molecule has 3 aliphatic rings. The van der Waals surface area contributed by atoms with E-state index in [0.29, 0.717) is 19.3 Å². The van der Waals surface area contributed by atoms with Crippen molar-refractivity contribution in [2.75, 3.05) is 5.75 Å². The topological polar surface area (TPSA) is 34.1 Å². The molecule has 0 atom stereocenters. The third-order valence-electron chi connectivity index (χ3n) is 4.15. The summed E-state index contributed by atoms with van der Waals surface area (Å²) in [5, 5.41) is 0. The molecule has 1 aromatic carbocycles. The summed E-state index contributed by atoms with van der Waals surface area (Å²) in [6.07, 6.45) is 2.07. The summed E-state index contributed by atoms with van der Waals surface area (Å²) in [4.78, 5) is 0. The molecule has 0 radical (unpaired) electrons. The van der Waals surface area contributed by atoms with Crippen molar-refractivity contribution in [1.29, 1.82) is 0 Å². The molecule has 0 N–H and O–H groups in total. The molecule has 3 saturated carbocycles. The minimum absolute atomic E-state index is 0.0209. The Kier molecular flexibility index (Phi) is 2.37. The van der Waals surface area contributed by atoms with E-state index in [4.69, 9.17) is 10.7 Å². The zero-order valence-electron chi connectivity index (χ0n) is 9.42. The number of halogens is 3. The van der Waals surface area contributed by atoms with E-state index < -0.39 is 20.7 Å². The fourth-order valence-electron chi connectivity index (χ4n) is 3.65. The maximum Gasteiger partial charge on any atom is 0.233 e.